The molecule has 1 aliphatic rings. The Labute approximate surface area is 30.1 Å². The zero-order chi connectivity index (χ0) is 3.54. The van der Waals surface area contributed by atoms with E-state index in [0.29, 0.717) is 6.67 Å². The van der Waals surface area contributed by atoms with E-state index in [-0.39, 0.29) is 0 Å². The first-order valence-corrected chi connectivity index (χ1v) is 1.42. The normalized spacial score (nSPS) is 17.6. The van der Waals surface area contributed by atoms with Gasteiger partial charge in [0.25, 0.3) is 0 Å². The molecule has 3 heteroatoms. The molecule has 0 saturated heterocycles. The lowest BCUT2D eigenvalue weighted by Gasteiger charge is -1.74. The zero-order valence-electron chi connectivity index (χ0n) is 2.68. The van der Waals surface area contributed by atoms with E-state index in [4.69, 9.17) is 0 Å². The first-order valence-electron chi connectivity index (χ1n) is 1.42. The number of rotatable bonds is 0. The lowest BCUT2D eigenvalue weighted by Crippen LogP contribution is -2.08. The summed E-state index contributed by atoms with van der Waals surface area (Å²) in [4.78, 5) is 0. The largest absolute Gasteiger partial charge is 0.354 e. The Morgan fingerprint density at radius 3 is 3.00 bits per heavy atom. The Kier molecular flexibility index (Phi) is 0.463. The van der Waals surface area contributed by atoms with E-state index in [9.17, 15) is 0 Å². The van der Waals surface area contributed by atoms with Crippen molar-refractivity contribution in [1.82, 2.24) is 10.7 Å². The van der Waals surface area contributed by atoms with Crippen LogP contribution in [0.3, 0.4) is 0 Å². The molecule has 0 aliphatic carbocycles. The van der Waals surface area contributed by atoms with Crippen LogP contribution < -0.4 is 10.7 Å². The van der Waals surface area contributed by atoms with Gasteiger partial charge in [0, 0.05) is 0 Å². The summed E-state index contributed by atoms with van der Waals surface area (Å²) in [6.07, 6.45) is 1.57. The van der Waals surface area contributed by atoms with E-state index in [2.05, 4.69) is 15.8 Å². The number of hydrogen-bond donors (Lipinski definition) is 1. The Hall–Kier alpha value is -0.730. The Morgan fingerprint density at radius 2 is 2.80 bits per heavy atom. The average molecular weight is 70.1 g/mol. The van der Waals surface area contributed by atoms with Gasteiger partial charge in [0.1, 0.15) is 13.0 Å². The van der Waals surface area contributed by atoms with Crippen LogP contribution in [0.4, 0.5) is 0 Å². The summed E-state index contributed by atoms with van der Waals surface area (Å²) in [6.45, 7) is 0.653. The Morgan fingerprint density at radius 1 is 1.80 bits per heavy atom. The van der Waals surface area contributed by atoms with Gasteiger partial charge >= 0.3 is 0 Å². The summed E-state index contributed by atoms with van der Waals surface area (Å²) in [5, 5.41) is 6.24. The van der Waals surface area contributed by atoms with E-state index >= 15 is 0 Å². The fourth-order valence-corrected chi connectivity index (χ4v) is 0.204. The van der Waals surface area contributed by atoms with Gasteiger partial charge in [-0.05, 0) is 0 Å². The molecule has 1 heterocycles. The van der Waals surface area contributed by atoms with Crippen LogP contribution in [-0.4, -0.2) is 13.0 Å². The maximum absolute atomic E-state index is 3.54. The topological polar surface area (TPSA) is 38.5 Å². The molecule has 0 fully saturated rings. The van der Waals surface area contributed by atoms with Crippen LogP contribution in [0.2, 0.25) is 0 Å². The molecule has 0 aromatic carbocycles. The predicted molar refractivity (Wildman–Crippen MR) is 18.6 cm³/mol. The maximum atomic E-state index is 3.54. The van der Waals surface area contributed by atoms with Gasteiger partial charge in [-0.3, -0.25) is 0 Å². The highest BCUT2D eigenvalue weighted by Crippen LogP contribution is 1.61. The molecule has 3 nitrogen and oxygen atoms in total. The zero-order valence-corrected chi connectivity index (χ0v) is 2.68. The monoisotopic (exact) mass is 70.0 g/mol. The van der Waals surface area contributed by atoms with Crippen molar-refractivity contribution in [2.75, 3.05) is 6.67 Å². The molecule has 0 spiro atoms. The molecule has 0 amide bonds. The quantitative estimate of drug-likeness (QED) is 0.394. The molecule has 1 N–H and O–H groups in total. The molecule has 27 valence electrons. The third kappa shape index (κ3) is 0.289. The molecule has 1 rings (SSSR count). The Bertz CT molecular complexity index is 42.9. The van der Waals surface area contributed by atoms with Gasteiger partial charge in [0.05, 0.1) is 0 Å². The van der Waals surface area contributed by atoms with Gasteiger partial charge in [-0.15, -0.1) is 5.10 Å². The van der Waals surface area contributed by atoms with E-state index in [1.54, 1.807) is 6.34 Å². The first kappa shape index (κ1) is 2.50. The van der Waals surface area contributed by atoms with E-state index in [1.165, 1.54) is 0 Å². The van der Waals surface area contributed by atoms with E-state index in [0.717, 1.165) is 0 Å². The van der Waals surface area contributed by atoms with Crippen LogP contribution in [0.5, 0.6) is 0 Å². The smallest absolute Gasteiger partial charge is 0.130 e. The summed E-state index contributed by atoms with van der Waals surface area (Å²) in [5.41, 5.74) is 3.54. The van der Waals surface area contributed by atoms with Crippen LogP contribution in [0.25, 0.3) is 0 Å². The highest BCUT2D eigenvalue weighted by atomic mass is 15.4. The van der Waals surface area contributed by atoms with Crippen molar-refractivity contribution >= 4 is 6.34 Å². The van der Waals surface area contributed by atoms with E-state index < -0.39 is 0 Å². The molecule has 1 aliphatic heterocycles. The van der Waals surface area contributed by atoms with Gasteiger partial charge in [-0.2, -0.15) is 5.43 Å². The highest BCUT2D eigenvalue weighted by Gasteiger charge is 1.82. The van der Waals surface area contributed by atoms with E-state index in [1.807, 2.05) is 0 Å². The number of hydrogen-bond acceptors (Lipinski definition) is 2. The maximum Gasteiger partial charge on any atom is 0.130 e. The van der Waals surface area contributed by atoms with Crippen molar-refractivity contribution in [2.45, 2.75) is 0 Å². The summed E-state index contributed by atoms with van der Waals surface area (Å²) in [6, 6.07) is 0. The summed E-state index contributed by atoms with van der Waals surface area (Å²) in [5.74, 6) is 0. The fraction of sp³-hybridized carbons (Fsp3) is 0.500. The third-order valence-corrected chi connectivity index (χ3v) is 0.393. The van der Waals surface area contributed by atoms with Gasteiger partial charge in [-0.25, -0.2) is 0 Å². The molecule has 0 atom stereocenters. The average Bonchev–Trinajstić information content (AvgIpc) is 1.76. The van der Waals surface area contributed by atoms with Crippen LogP contribution >= 0.6 is 0 Å². The van der Waals surface area contributed by atoms with Crippen molar-refractivity contribution in [3.05, 3.63) is 0 Å². The van der Waals surface area contributed by atoms with Gasteiger partial charge < -0.3 is 5.32 Å². The molecule has 0 aromatic heterocycles. The molecular weight excluding hydrogens is 66.0 g/mol. The van der Waals surface area contributed by atoms with Crippen LogP contribution in [0, 0.1) is 0 Å². The number of nitrogens with one attached hydrogen (secondary N) is 1. The van der Waals surface area contributed by atoms with Crippen molar-refractivity contribution in [3.8, 4) is 0 Å². The third-order valence-electron chi connectivity index (χ3n) is 0.393. The van der Waals surface area contributed by atoms with Crippen molar-refractivity contribution in [2.24, 2.45) is 5.10 Å². The van der Waals surface area contributed by atoms with Gasteiger partial charge in [0.2, 0.25) is 0 Å². The lowest BCUT2D eigenvalue weighted by molar-refractivity contribution is 0.757. The molecule has 1 radical (unpaired) electrons. The second-order valence-electron chi connectivity index (χ2n) is 0.748. The molecule has 0 aromatic rings. The van der Waals surface area contributed by atoms with Crippen molar-refractivity contribution in [3.63, 3.8) is 0 Å². The first-order chi connectivity index (χ1) is 2.50. The summed E-state index contributed by atoms with van der Waals surface area (Å²) >= 11 is 0. The molecule has 0 unspecified atom stereocenters. The lowest BCUT2D eigenvalue weighted by atomic mass is 11.1. The van der Waals surface area contributed by atoms with Gasteiger partial charge in [0.15, 0.2) is 0 Å². The highest BCUT2D eigenvalue weighted by molar-refractivity contribution is 5.54. The minimum absolute atomic E-state index is 0.653. The van der Waals surface area contributed by atoms with Crippen molar-refractivity contribution in [1.29, 1.82) is 0 Å². The SMILES string of the molecule is C1=N[N]CN1. The minimum Gasteiger partial charge on any atom is -0.354 e. The summed E-state index contributed by atoms with van der Waals surface area (Å²) in [7, 11) is 0. The Balaban J connectivity index is 2.32. The second-order valence-corrected chi connectivity index (χ2v) is 0.748. The van der Waals surface area contributed by atoms with Crippen LogP contribution in [0.1, 0.15) is 0 Å². The fourth-order valence-electron chi connectivity index (χ4n) is 0.204. The molecular formula is C2H4N3. The standard InChI is InChI=1S/C2H4N3/c1-3-2-5-4-1/h1H,2H2,(H,3,4). The van der Waals surface area contributed by atoms with Crippen LogP contribution in [-0.2, 0) is 0 Å². The van der Waals surface area contributed by atoms with Gasteiger partial charge in [-0.1, -0.05) is 0 Å². The van der Waals surface area contributed by atoms with Crippen LogP contribution in [0.15, 0.2) is 5.10 Å². The molecule has 5 heavy (non-hydrogen) atoms. The molecule has 0 saturated carbocycles. The van der Waals surface area contributed by atoms with Crippen molar-refractivity contribution < 1.29 is 0 Å². The molecule has 0 bridgehead atoms. The minimum atomic E-state index is 0.653. The predicted octanol–water partition coefficient (Wildman–Crippen LogP) is -0.905. The second kappa shape index (κ2) is 0.924. The number of nitrogens with zero attached hydrogens (tertiary/aromatic N) is 2. The summed E-state index contributed by atoms with van der Waals surface area (Å²) < 4.78 is 0.